The minimum Gasteiger partial charge on any atom is -0.456 e. The van der Waals surface area contributed by atoms with Crippen molar-refractivity contribution >= 4 is 75.3 Å². The highest BCUT2D eigenvalue weighted by Crippen LogP contribution is 2.42. The lowest BCUT2D eigenvalue weighted by Gasteiger charge is -2.10. The third kappa shape index (κ3) is 5.12. The van der Waals surface area contributed by atoms with Crippen molar-refractivity contribution < 1.29 is 4.42 Å². The molecule has 0 N–H and O–H groups in total. The summed E-state index contributed by atoms with van der Waals surface area (Å²) in [4.78, 5) is 15.6. The Kier molecular flexibility index (Phi) is 7.03. The van der Waals surface area contributed by atoms with E-state index in [-0.39, 0.29) is 0 Å². The molecule has 0 bridgehead atoms. The van der Waals surface area contributed by atoms with Gasteiger partial charge in [0.05, 0.1) is 11.0 Å². The number of hydrogen-bond acceptors (Lipinski definition) is 5. The molecule has 5 nitrogen and oxygen atoms in total. The van der Waals surface area contributed by atoms with Crippen LogP contribution in [0.1, 0.15) is 0 Å². The molecule has 0 saturated carbocycles. The molecule has 12 rings (SSSR count). The highest BCUT2D eigenvalue weighted by atomic mass is 32.1. The molecule has 0 radical (unpaired) electrons. The van der Waals surface area contributed by atoms with E-state index >= 15 is 0 Å². The molecule has 12 aromatic rings. The summed E-state index contributed by atoms with van der Waals surface area (Å²) in [6.07, 6.45) is 0. The smallest absolute Gasteiger partial charge is 0.164 e. The minimum absolute atomic E-state index is 0.608. The maximum Gasteiger partial charge on any atom is 0.164 e. The van der Waals surface area contributed by atoms with Crippen LogP contribution < -0.4 is 0 Å². The van der Waals surface area contributed by atoms with Crippen molar-refractivity contribution in [2.45, 2.75) is 0 Å². The summed E-state index contributed by atoms with van der Waals surface area (Å²) in [5.41, 5.74) is 10.1. The van der Waals surface area contributed by atoms with E-state index in [9.17, 15) is 0 Å². The Labute approximate surface area is 330 Å². The van der Waals surface area contributed by atoms with Gasteiger partial charge in [0.15, 0.2) is 17.5 Å². The largest absolute Gasteiger partial charge is 0.456 e. The second kappa shape index (κ2) is 12.6. The molecule has 0 spiro atoms. The quantitative estimate of drug-likeness (QED) is 0.176. The van der Waals surface area contributed by atoms with Crippen molar-refractivity contribution in [2.75, 3.05) is 0 Å². The van der Waals surface area contributed by atoms with E-state index < -0.39 is 0 Å². The Bertz CT molecular complexity index is 3510. The number of para-hydroxylation sites is 2. The van der Waals surface area contributed by atoms with Gasteiger partial charge in [0, 0.05) is 70.2 Å². The highest BCUT2D eigenvalue weighted by molar-refractivity contribution is 7.25. The predicted molar refractivity (Wildman–Crippen MR) is 236 cm³/mol. The Hall–Kier alpha value is -7.41. The number of nitrogens with zero attached hydrogens (tertiary/aromatic N) is 4. The maximum absolute atomic E-state index is 6.59. The standard InChI is InChI=1S/C51H30N4OS/c1-3-12-31(13-4-1)32-22-24-33(25-23-32)49-52-50(54-51(53-49)38-18-11-21-47-48(38)37-17-8-10-20-46(37)57-47)34-26-27-44-40(28-34)41-29-39-36-16-7-9-19-42(36)55(35-14-5-2-6-15-35)43(39)30-45(41)56-44/h1-30H. The van der Waals surface area contributed by atoms with Gasteiger partial charge in [-0.15, -0.1) is 11.3 Å². The van der Waals surface area contributed by atoms with Gasteiger partial charge in [-0.2, -0.15) is 0 Å². The Morgan fingerprint density at radius 1 is 0.386 bits per heavy atom. The molecule has 0 saturated heterocycles. The lowest BCUT2D eigenvalue weighted by atomic mass is 10.0. The van der Waals surface area contributed by atoms with Crippen LogP contribution in [-0.2, 0) is 0 Å². The number of rotatable bonds is 5. The maximum atomic E-state index is 6.59. The number of aromatic nitrogens is 4. The van der Waals surface area contributed by atoms with Gasteiger partial charge < -0.3 is 8.98 Å². The molecule has 0 fully saturated rings. The van der Waals surface area contributed by atoms with E-state index in [0.29, 0.717) is 17.5 Å². The second-order valence-corrected chi connectivity index (χ2v) is 15.5. The summed E-state index contributed by atoms with van der Waals surface area (Å²) >= 11 is 1.79. The molecule has 6 heteroatoms. The molecule has 0 unspecified atom stereocenters. The predicted octanol–water partition coefficient (Wildman–Crippen LogP) is 13.9. The van der Waals surface area contributed by atoms with Crippen LogP contribution in [-0.4, -0.2) is 19.5 Å². The number of thiophene rings is 1. The van der Waals surface area contributed by atoms with E-state index in [4.69, 9.17) is 19.4 Å². The fraction of sp³-hybridized carbons (Fsp3) is 0. The zero-order chi connectivity index (χ0) is 37.5. The zero-order valence-electron chi connectivity index (χ0n) is 30.4. The van der Waals surface area contributed by atoms with Crippen molar-refractivity contribution in [1.82, 2.24) is 19.5 Å². The molecular formula is C51H30N4OS. The summed E-state index contributed by atoms with van der Waals surface area (Å²) in [6.45, 7) is 0. The van der Waals surface area contributed by atoms with Crippen LogP contribution in [0.5, 0.6) is 0 Å². The monoisotopic (exact) mass is 746 g/mol. The molecule has 0 amide bonds. The molecule has 0 aliphatic rings. The van der Waals surface area contributed by atoms with Crippen LogP contribution >= 0.6 is 11.3 Å². The molecule has 0 aliphatic carbocycles. The SMILES string of the molecule is c1ccc(-c2ccc(-c3nc(-c4ccc5oc6cc7c(cc6c5c4)c4ccccc4n7-c4ccccc4)nc(-c4cccc5sc6ccccc6c45)n3)cc2)cc1. The van der Waals surface area contributed by atoms with Gasteiger partial charge in [0.25, 0.3) is 0 Å². The first-order valence-corrected chi connectivity index (χ1v) is 19.8. The Morgan fingerprint density at radius 2 is 1.02 bits per heavy atom. The first-order valence-electron chi connectivity index (χ1n) is 19.0. The van der Waals surface area contributed by atoms with Crippen LogP contribution in [0.2, 0.25) is 0 Å². The molecule has 4 heterocycles. The molecule has 0 atom stereocenters. The fourth-order valence-electron chi connectivity index (χ4n) is 8.39. The van der Waals surface area contributed by atoms with E-state index in [1.54, 1.807) is 11.3 Å². The van der Waals surface area contributed by atoms with Crippen LogP contribution in [0, 0.1) is 0 Å². The summed E-state index contributed by atoms with van der Waals surface area (Å²) < 4.78 is 11.4. The van der Waals surface area contributed by atoms with Gasteiger partial charge in [-0.1, -0.05) is 121 Å². The average molecular weight is 747 g/mol. The fourth-order valence-corrected chi connectivity index (χ4v) is 9.52. The van der Waals surface area contributed by atoms with Crippen LogP contribution in [0.25, 0.3) is 115 Å². The van der Waals surface area contributed by atoms with Crippen molar-refractivity contribution in [1.29, 1.82) is 0 Å². The molecule has 4 aromatic heterocycles. The van der Waals surface area contributed by atoms with E-state index in [1.165, 1.54) is 31.1 Å². The van der Waals surface area contributed by atoms with Gasteiger partial charge in [0.2, 0.25) is 0 Å². The number of furan rings is 1. The van der Waals surface area contributed by atoms with Gasteiger partial charge in [-0.05, 0) is 65.7 Å². The van der Waals surface area contributed by atoms with Gasteiger partial charge in [-0.3, -0.25) is 0 Å². The van der Waals surface area contributed by atoms with Crippen LogP contribution in [0.3, 0.4) is 0 Å². The molecule has 8 aromatic carbocycles. The first-order chi connectivity index (χ1) is 28.2. The van der Waals surface area contributed by atoms with Crippen molar-refractivity contribution in [2.24, 2.45) is 0 Å². The summed E-state index contributed by atoms with van der Waals surface area (Å²) in [5.74, 6) is 1.87. The van der Waals surface area contributed by atoms with Gasteiger partial charge >= 0.3 is 0 Å². The number of benzene rings is 8. The number of hydrogen-bond donors (Lipinski definition) is 0. The summed E-state index contributed by atoms with van der Waals surface area (Å²) in [5, 5.41) is 6.81. The van der Waals surface area contributed by atoms with Crippen molar-refractivity contribution in [3.05, 3.63) is 182 Å². The highest BCUT2D eigenvalue weighted by Gasteiger charge is 2.20. The number of fused-ring (bicyclic) bond motifs is 9. The lowest BCUT2D eigenvalue weighted by Crippen LogP contribution is -2.00. The second-order valence-electron chi connectivity index (χ2n) is 14.4. The van der Waals surface area contributed by atoms with Crippen LogP contribution in [0.15, 0.2) is 186 Å². The van der Waals surface area contributed by atoms with Crippen molar-refractivity contribution in [3.63, 3.8) is 0 Å². The minimum atomic E-state index is 0.608. The molecule has 57 heavy (non-hydrogen) atoms. The molecule has 266 valence electrons. The summed E-state index contributed by atoms with van der Waals surface area (Å²) in [6, 6.07) is 63.7. The Morgan fingerprint density at radius 3 is 1.86 bits per heavy atom. The summed E-state index contributed by atoms with van der Waals surface area (Å²) in [7, 11) is 0. The van der Waals surface area contributed by atoms with Crippen molar-refractivity contribution in [3.8, 4) is 51.0 Å². The third-order valence-electron chi connectivity index (χ3n) is 11.1. The topological polar surface area (TPSA) is 56.7 Å². The van der Waals surface area contributed by atoms with E-state index in [1.807, 2.05) is 12.1 Å². The lowest BCUT2D eigenvalue weighted by molar-refractivity contribution is 0.669. The first kappa shape index (κ1) is 31.9. The molecular weight excluding hydrogens is 717 g/mol. The molecule has 0 aliphatic heterocycles. The van der Waals surface area contributed by atoms with E-state index in [2.05, 4.69) is 174 Å². The Balaban J connectivity index is 1.06. The normalized spacial score (nSPS) is 11.9. The third-order valence-corrected chi connectivity index (χ3v) is 12.2. The zero-order valence-corrected chi connectivity index (χ0v) is 31.2. The van der Waals surface area contributed by atoms with E-state index in [0.717, 1.165) is 66.3 Å². The average Bonchev–Trinajstić information content (AvgIpc) is 3.95. The van der Waals surface area contributed by atoms with Gasteiger partial charge in [-0.25, -0.2) is 15.0 Å². The van der Waals surface area contributed by atoms with Crippen LogP contribution in [0.4, 0.5) is 0 Å². The van der Waals surface area contributed by atoms with Gasteiger partial charge in [0.1, 0.15) is 11.2 Å².